The first-order valence-corrected chi connectivity index (χ1v) is 9.45. The van der Waals surface area contributed by atoms with Crippen molar-refractivity contribution in [3.63, 3.8) is 0 Å². The summed E-state index contributed by atoms with van der Waals surface area (Å²) in [5.74, 6) is 0.534. The summed E-state index contributed by atoms with van der Waals surface area (Å²) in [6.07, 6.45) is 5.62. The Hall–Kier alpha value is -1.30. The van der Waals surface area contributed by atoms with Gasteiger partial charge in [-0.05, 0) is 65.5 Å². The van der Waals surface area contributed by atoms with Gasteiger partial charge in [0.25, 0.3) is 0 Å². The molecule has 2 rings (SSSR count). The van der Waals surface area contributed by atoms with Gasteiger partial charge >= 0.3 is 6.09 Å². The van der Waals surface area contributed by atoms with Gasteiger partial charge in [0.2, 0.25) is 0 Å². The third kappa shape index (κ3) is 5.36. The minimum absolute atomic E-state index is 0.134. The summed E-state index contributed by atoms with van der Waals surface area (Å²) in [5.41, 5.74) is 1.20. The van der Waals surface area contributed by atoms with Gasteiger partial charge in [0, 0.05) is 25.0 Å². The molecule has 0 aromatic rings. The van der Waals surface area contributed by atoms with E-state index in [0.29, 0.717) is 25.0 Å². The highest BCUT2D eigenvalue weighted by molar-refractivity contribution is 5.86. The standard InChI is InChI=1S/C18H33N3O3/c1-4-17(19-24-14(2)3)15-7-11-20(12-8-15)16-6-5-10-21(13-9-16)18(22)23/h14-16H,4-13H2,1-3H3,(H,22,23)/b19-17+. The van der Waals surface area contributed by atoms with E-state index in [2.05, 4.69) is 17.0 Å². The van der Waals surface area contributed by atoms with Crippen LogP contribution in [-0.4, -0.2) is 65.0 Å². The molecule has 6 heteroatoms. The van der Waals surface area contributed by atoms with E-state index in [-0.39, 0.29) is 6.10 Å². The van der Waals surface area contributed by atoms with Gasteiger partial charge in [-0.1, -0.05) is 12.1 Å². The summed E-state index contributed by atoms with van der Waals surface area (Å²) in [6, 6.07) is 0.532. The van der Waals surface area contributed by atoms with E-state index >= 15 is 0 Å². The summed E-state index contributed by atoms with van der Waals surface area (Å²) < 4.78 is 0. The highest BCUT2D eigenvalue weighted by atomic mass is 16.6. The molecular weight excluding hydrogens is 306 g/mol. The highest BCUT2D eigenvalue weighted by Gasteiger charge is 2.29. The molecule has 24 heavy (non-hydrogen) atoms. The van der Waals surface area contributed by atoms with E-state index in [4.69, 9.17) is 9.94 Å². The smallest absolute Gasteiger partial charge is 0.407 e. The molecule has 0 aromatic heterocycles. The molecule has 0 spiro atoms. The van der Waals surface area contributed by atoms with Crippen LogP contribution < -0.4 is 0 Å². The van der Waals surface area contributed by atoms with E-state index in [1.807, 2.05) is 13.8 Å². The number of piperidine rings is 1. The number of oxime groups is 1. The van der Waals surface area contributed by atoms with E-state index < -0.39 is 6.09 Å². The Balaban J connectivity index is 1.83. The summed E-state index contributed by atoms with van der Waals surface area (Å²) in [5, 5.41) is 13.5. The van der Waals surface area contributed by atoms with Gasteiger partial charge in [0.15, 0.2) is 0 Å². The SMILES string of the molecule is CC/C(=N\OC(C)C)C1CCN(C2CCCN(C(=O)O)CC2)CC1. The van der Waals surface area contributed by atoms with E-state index in [1.54, 1.807) is 4.90 Å². The molecule has 2 fully saturated rings. The van der Waals surface area contributed by atoms with Crippen LogP contribution in [-0.2, 0) is 4.84 Å². The lowest BCUT2D eigenvalue weighted by Gasteiger charge is -2.37. The first kappa shape index (κ1) is 19.0. The lowest BCUT2D eigenvalue weighted by Crippen LogP contribution is -2.43. The van der Waals surface area contributed by atoms with Gasteiger partial charge in [-0.2, -0.15) is 0 Å². The molecule has 2 aliphatic rings. The molecule has 0 bridgehead atoms. The molecule has 1 N–H and O–H groups in total. The molecular formula is C18H33N3O3. The molecule has 2 saturated heterocycles. The van der Waals surface area contributed by atoms with E-state index in [0.717, 1.165) is 51.6 Å². The summed E-state index contributed by atoms with van der Waals surface area (Å²) in [4.78, 5) is 20.7. The molecule has 0 aliphatic carbocycles. The molecule has 0 radical (unpaired) electrons. The lowest BCUT2D eigenvalue weighted by molar-refractivity contribution is 0.0818. The fourth-order valence-electron chi connectivity index (χ4n) is 3.83. The first-order chi connectivity index (χ1) is 11.5. The number of nitrogens with zero attached hydrogens (tertiary/aromatic N) is 3. The van der Waals surface area contributed by atoms with Crippen molar-refractivity contribution in [2.45, 2.75) is 71.4 Å². The number of carbonyl (C=O) groups is 1. The summed E-state index contributed by atoms with van der Waals surface area (Å²) in [6.45, 7) is 9.69. The van der Waals surface area contributed by atoms with Gasteiger partial charge in [-0.3, -0.25) is 0 Å². The van der Waals surface area contributed by atoms with Gasteiger partial charge in [-0.25, -0.2) is 4.79 Å². The molecule has 0 aromatic carbocycles. The van der Waals surface area contributed by atoms with Crippen molar-refractivity contribution in [2.75, 3.05) is 26.2 Å². The van der Waals surface area contributed by atoms with Crippen LogP contribution in [0.1, 0.15) is 59.3 Å². The minimum atomic E-state index is -0.775. The maximum absolute atomic E-state index is 11.1. The number of hydrogen-bond donors (Lipinski definition) is 1. The fraction of sp³-hybridized carbons (Fsp3) is 0.889. The second-order valence-corrected chi connectivity index (χ2v) is 7.25. The van der Waals surface area contributed by atoms with E-state index in [1.165, 1.54) is 5.71 Å². The van der Waals surface area contributed by atoms with Crippen molar-refractivity contribution >= 4 is 11.8 Å². The lowest BCUT2D eigenvalue weighted by atomic mass is 9.89. The number of carboxylic acid groups (broad SMARTS) is 1. The summed E-state index contributed by atoms with van der Waals surface area (Å²) >= 11 is 0. The minimum Gasteiger partial charge on any atom is -0.465 e. The largest absolute Gasteiger partial charge is 0.465 e. The number of rotatable bonds is 5. The molecule has 1 amide bonds. The van der Waals surface area contributed by atoms with Crippen molar-refractivity contribution in [1.82, 2.24) is 9.80 Å². The van der Waals surface area contributed by atoms with Crippen molar-refractivity contribution in [3.8, 4) is 0 Å². The molecule has 0 saturated carbocycles. The number of likely N-dealkylation sites (tertiary alicyclic amines) is 2. The van der Waals surface area contributed by atoms with Gasteiger partial charge in [-0.15, -0.1) is 0 Å². The Kier molecular flexibility index (Phi) is 7.34. The molecule has 6 nitrogen and oxygen atoms in total. The zero-order valence-corrected chi connectivity index (χ0v) is 15.4. The molecule has 2 heterocycles. The Labute approximate surface area is 145 Å². The second kappa shape index (κ2) is 9.25. The quantitative estimate of drug-likeness (QED) is 0.616. The van der Waals surface area contributed by atoms with Crippen molar-refractivity contribution < 1.29 is 14.7 Å². The Bertz CT molecular complexity index is 431. The second-order valence-electron chi connectivity index (χ2n) is 7.25. The predicted octanol–water partition coefficient (Wildman–Crippen LogP) is 3.42. The van der Waals surface area contributed by atoms with Crippen LogP contribution in [0.3, 0.4) is 0 Å². The van der Waals surface area contributed by atoms with Crippen LogP contribution in [0.5, 0.6) is 0 Å². The van der Waals surface area contributed by atoms with E-state index in [9.17, 15) is 4.79 Å². The third-order valence-electron chi connectivity index (χ3n) is 5.23. The molecule has 138 valence electrons. The Morgan fingerprint density at radius 1 is 1.17 bits per heavy atom. The van der Waals surface area contributed by atoms with Gasteiger partial charge in [0.1, 0.15) is 6.10 Å². The summed E-state index contributed by atoms with van der Waals surface area (Å²) in [7, 11) is 0. The average molecular weight is 339 g/mol. The Morgan fingerprint density at radius 3 is 2.46 bits per heavy atom. The van der Waals surface area contributed by atoms with Gasteiger partial charge in [0.05, 0.1) is 5.71 Å². The zero-order chi connectivity index (χ0) is 17.5. The molecule has 2 aliphatic heterocycles. The molecule has 1 atom stereocenters. The third-order valence-corrected chi connectivity index (χ3v) is 5.23. The van der Waals surface area contributed by atoms with Crippen LogP contribution in [0, 0.1) is 5.92 Å². The maximum atomic E-state index is 11.1. The van der Waals surface area contributed by atoms with Crippen LogP contribution in [0.25, 0.3) is 0 Å². The average Bonchev–Trinajstić information content (AvgIpc) is 2.82. The van der Waals surface area contributed by atoms with Crippen LogP contribution in [0.15, 0.2) is 5.16 Å². The van der Waals surface area contributed by atoms with Crippen molar-refractivity contribution in [1.29, 1.82) is 0 Å². The fourth-order valence-corrected chi connectivity index (χ4v) is 3.83. The number of hydrogen-bond acceptors (Lipinski definition) is 4. The van der Waals surface area contributed by atoms with Gasteiger partial charge < -0.3 is 19.7 Å². The monoisotopic (exact) mass is 339 g/mol. The van der Waals surface area contributed by atoms with Crippen molar-refractivity contribution in [2.24, 2.45) is 11.1 Å². The molecule has 1 unspecified atom stereocenters. The topological polar surface area (TPSA) is 65.4 Å². The number of amides is 1. The van der Waals surface area contributed by atoms with Crippen LogP contribution >= 0.6 is 0 Å². The Morgan fingerprint density at radius 2 is 1.88 bits per heavy atom. The zero-order valence-electron chi connectivity index (χ0n) is 15.4. The normalized spacial score (nSPS) is 24.9. The van der Waals surface area contributed by atoms with Crippen LogP contribution in [0.2, 0.25) is 0 Å². The first-order valence-electron chi connectivity index (χ1n) is 9.45. The maximum Gasteiger partial charge on any atom is 0.407 e. The van der Waals surface area contributed by atoms with Crippen LogP contribution in [0.4, 0.5) is 4.79 Å². The highest BCUT2D eigenvalue weighted by Crippen LogP contribution is 2.26. The predicted molar refractivity (Wildman–Crippen MR) is 95.5 cm³/mol. The van der Waals surface area contributed by atoms with Crippen molar-refractivity contribution in [3.05, 3.63) is 0 Å².